The van der Waals surface area contributed by atoms with Gasteiger partial charge in [-0.05, 0) is 25.3 Å². The quantitative estimate of drug-likeness (QED) is 0.548. The SMILES string of the molecule is CCOC(=O)C/C=C/C(CC)(CC)NC(=O)OCc1ccccc1. The molecule has 0 aromatic heterocycles. The lowest BCUT2D eigenvalue weighted by Crippen LogP contribution is -2.46. The van der Waals surface area contributed by atoms with E-state index in [4.69, 9.17) is 9.47 Å². The van der Waals surface area contributed by atoms with E-state index < -0.39 is 11.6 Å². The van der Waals surface area contributed by atoms with Gasteiger partial charge in [0.15, 0.2) is 0 Å². The van der Waals surface area contributed by atoms with Crippen molar-refractivity contribution in [2.24, 2.45) is 0 Å². The molecule has 1 N–H and O–H groups in total. The third-order valence-corrected chi connectivity index (χ3v) is 3.85. The molecule has 1 aromatic carbocycles. The summed E-state index contributed by atoms with van der Waals surface area (Å²) in [6.45, 7) is 6.33. The number of hydrogen-bond acceptors (Lipinski definition) is 4. The summed E-state index contributed by atoms with van der Waals surface area (Å²) < 4.78 is 10.2. The van der Waals surface area contributed by atoms with Gasteiger partial charge in [-0.25, -0.2) is 4.79 Å². The monoisotopic (exact) mass is 333 g/mol. The third-order valence-electron chi connectivity index (χ3n) is 3.85. The van der Waals surface area contributed by atoms with Gasteiger partial charge in [0.2, 0.25) is 0 Å². The Bertz CT molecular complexity index is 536. The van der Waals surface area contributed by atoms with E-state index in [0.29, 0.717) is 19.4 Å². The molecule has 5 nitrogen and oxygen atoms in total. The van der Waals surface area contributed by atoms with Crippen LogP contribution in [0.2, 0.25) is 0 Å². The van der Waals surface area contributed by atoms with Gasteiger partial charge >= 0.3 is 12.1 Å². The number of carbonyl (C=O) groups excluding carboxylic acids is 2. The van der Waals surface area contributed by atoms with E-state index in [1.807, 2.05) is 50.3 Å². The molecule has 1 rings (SSSR count). The molecular weight excluding hydrogens is 306 g/mol. The molecule has 0 heterocycles. The van der Waals surface area contributed by atoms with Gasteiger partial charge in [-0.1, -0.05) is 56.3 Å². The molecule has 0 fully saturated rings. The maximum atomic E-state index is 12.1. The molecule has 0 atom stereocenters. The van der Waals surface area contributed by atoms with E-state index in [1.54, 1.807) is 13.0 Å². The van der Waals surface area contributed by atoms with E-state index in [1.165, 1.54) is 0 Å². The number of carbonyl (C=O) groups is 2. The van der Waals surface area contributed by atoms with Crippen molar-refractivity contribution in [2.45, 2.75) is 52.2 Å². The zero-order valence-electron chi connectivity index (χ0n) is 14.7. The number of benzene rings is 1. The largest absolute Gasteiger partial charge is 0.466 e. The third kappa shape index (κ3) is 6.86. The molecule has 132 valence electrons. The van der Waals surface area contributed by atoms with Crippen LogP contribution in [-0.4, -0.2) is 24.2 Å². The highest BCUT2D eigenvalue weighted by Crippen LogP contribution is 2.18. The van der Waals surface area contributed by atoms with Crippen molar-refractivity contribution in [3.63, 3.8) is 0 Å². The summed E-state index contributed by atoms with van der Waals surface area (Å²) >= 11 is 0. The first-order chi connectivity index (χ1) is 11.5. The second kappa shape index (κ2) is 10.5. The molecule has 0 spiro atoms. The van der Waals surface area contributed by atoms with E-state index in [0.717, 1.165) is 5.56 Å². The summed E-state index contributed by atoms with van der Waals surface area (Å²) in [5, 5.41) is 2.91. The Balaban J connectivity index is 2.57. The molecule has 0 aliphatic heterocycles. The number of alkyl carbamates (subject to hydrolysis) is 1. The maximum absolute atomic E-state index is 12.1. The summed E-state index contributed by atoms with van der Waals surface area (Å²) in [5.41, 5.74) is 0.407. The molecule has 1 amide bonds. The first-order valence-corrected chi connectivity index (χ1v) is 8.37. The molecule has 0 radical (unpaired) electrons. The standard InChI is InChI=1S/C19H27NO4/c1-4-19(5-2,14-10-13-17(21)23-6-3)20-18(22)24-15-16-11-8-7-9-12-16/h7-12,14H,4-6,13,15H2,1-3H3,(H,20,22)/b14-10+. The highest BCUT2D eigenvalue weighted by Gasteiger charge is 2.25. The fourth-order valence-corrected chi connectivity index (χ4v) is 2.27. The number of nitrogens with one attached hydrogen (secondary N) is 1. The van der Waals surface area contributed by atoms with Crippen LogP contribution in [0.3, 0.4) is 0 Å². The summed E-state index contributed by atoms with van der Waals surface area (Å²) in [6.07, 6.45) is 4.71. The zero-order valence-corrected chi connectivity index (χ0v) is 14.7. The van der Waals surface area contributed by atoms with Crippen LogP contribution in [0, 0.1) is 0 Å². The fourth-order valence-electron chi connectivity index (χ4n) is 2.27. The van der Waals surface area contributed by atoms with Crippen molar-refractivity contribution in [3.8, 4) is 0 Å². The minimum absolute atomic E-state index is 0.191. The van der Waals surface area contributed by atoms with Gasteiger partial charge < -0.3 is 14.8 Å². The highest BCUT2D eigenvalue weighted by atomic mass is 16.5. The molecule has 5 heteroatoms. The maximum Gasteiger partial charge on any atom is 0.408 e. The molecule has 1 aromatic rings. The van der Waals surface area contributed by atoms with Gasteiger partial charge in [-0.2, -0.15) is 0 Å². The Morgan fingerprint density at radius 3 is 2.33 bits per heavy atom. The average Bonchev–Trinajstić information content (AvgIpc) is 2.60. The van der Waals surface area contributed by atoms with Crippen LogP contribution in [0.5, 0.6) is 0 Å². The van der Waals surface area contributed by atoms with Gasteiger partial charge in [-0.15, -0.1) is 0 Å². The molecule has 0 aliphatic rings. The lowest BCUT2D eigenvalue weighted by atomic mass is 9.92. The number of rotatable bonds is 9. The fraction of sp³-hybridized carbons (Fsp3) is 0.474. The number of esters is 1. The van der Waals surface area contributed by atoms with Crippen molar-refractivity contribution in [1.82, 2.24) is 5.32 Å². The van der Waals surface area contributed by atoms with Crippen LogP contribution in [0.15, 0.2) is 42.5 Å². The molecule has 0 unspecified atom stereocenters. The molecule has 0 aliphatic carbocycles. The van der Waals surface area contributed by atoms with E-state index in [2.05, 4.69) is 5.32 Å². The minimum Gasteiger partial charge on any atom is -0.466 e. The van der Waals surface area contributed by atoms with Crippen molar-refractivity contribution >= 4 is 12.1 Å². The minimum atomic E-state index is -0.528. The molecule has 0 bridgehead atoms. The molecule has 0 saturated heterocycles. The Morgan fingerprint density at radius 2 is 1.75 bits per heavy atom. The van der Waals surface area contributed by atoms with E-state index in [-0.39, 0.29) is 19.0 Å². The number of hydrogen-bond donors (Lipinski definition) is 1. The van der Waals surface area contributed by atoms with Gasteiger partial charge in [-0.3, -0.25) is 4.79 Å². The summed E-state index contributed by atoms with van der Waals surface area (Å²) in [7, 11) is 0. The molecule has 0 saturated carbocycles. The van der Waals surface area contributed by atoms with Crippen LogP contribution < -0.4 is 5.32 Å². The summed E-state index contributed by atoms with van der Waals surface area (Å²) in [5.74, 6) is -0.276. The van der Waals surface area contributed by atoms with Crippen LogP contribution in [0.4, 0.5) is 4.79 Å². The first kappa shape index (κ1) is 19.7. The van der Waals surface area contributed by atoms with Crippen LogP contribution >= 0.6 is 0 Å². The Morgan fingerprint density at radius 1 is 1.08 bits per heavy atom. The predicted octanol–water partition coefficient (Wildman–Crippen LogP) is 3.98. The zero-order chi connectivity index (χ0) is 17.8. The number of amides is 1. The second-order valence-corrected chi connectivity index (χ2v) is 5.46. The summed E-state index contributed by atoms with van der Waals surface area (Å²) in [4.78, 5) is 23.5. The molecular formula is C19H27NO4. The van der Waals surface area contributed by atoms with Crippen molar-refractivity contribution in [2.75, 3.05) is 6.61 Å². The van der Waals surface area contributed by atoms with Crippen molar-refractivity contribution in [1.29, 1.82) is 0 Å². The highest BCUT2D eigenvalue weighted by molar-refractivity contribution is 5.71. The Hall–Kier alpha value is -2.30. The topological polar surface area (TPSA) is 64.6 Å². The van der Waals surface area contributed by atoms with Crippen LogP contribution in [0.25, 0.3) is 0 Å². The lowest BCUT2D eigenvalue weighted by molar-refractivity contribution is -0.142. The van der Waals surface area contributed by atoms with E-state index >= 15 is 0 Å². The predicted molar refractivity (Wildman–Crippen MR) is 93.5 cm³/mol. The Kier molecular flexibility index (Phi) is 8.61. The van der Waals surface area contributed by atoms with Gasteiger partial charge in [0.1, 0.15) is 6.61 Å². The summed E-state index contributed by atoms with van der Waals surface area (Å²) in [6, 6.07) is 9.52. The van der Waals surface area contributed by atoms with Crippen molar-refractivity contribution in [3.05, 3.63) is 48.0 Å². The smallest absolute Gasteiger partial charge is 0.408 e. The average molecular weight is 333 g/mol. The first-order valence-electron chi connectivity index (χ1n) is 8.37. The number of ether oxygens (including phenoxy) is 2. The van der Waals surface area contributed by atoms with E-state index in [9.17, 15) is 9.59 Å². The molecule has 24 heavy (non-hydrogen) atoms. The van der Waals surface area contributed by atoms with Crippen LogP contribution in [0.1, 0.15) is 45.6 Å². The normalized spacial score (nSPS) is 11.3. The van der Waals surface area contributed by atoms with Crippen molar-refractivity contribution < 1.29 is 19.1 Å². The lowest BCUT2D eigenvalue weighted by Gasteiger charge is -2.29. The second-order valence-electron chi connectivity index (χ2n) is 5.46. The van der Waals surface area contributed by atoms with Gasteiger partial charge in [0.25, 0.3) is 0 Å². The van der Waals surface area contributed by atoms with Crippen LogP contribution in [-0.2, 0) is 20.9 Å². The Labute approximate surface area is 144 Å². The van der Waals surface area contributed by atoms with Gasteiger partial charge in [0.05, 0.1) is 18.6 Å². The van der Waals surface area contributed by atoms with Gasteiger partial charge in [0, 0.05) is 0 Å².